The number of amides is 1. The molecule has 4 aromatic carbocycles. The molecule has 1 N–H and O–H groups in total. The van der Waals surface area contributed by atoms with Crippen molar-refractivity contribution in [1.82, 2.24) is 0 Å². The van der Waals surface area contributed by atoms with Gasteiger partial charge in [-0.05, 0) is 48.7 Å². The third-order valence-electron chi connectivity index (χ3n) is 5.74. The highest BCUT2D eigenvalue weighted by molar-refractivity contribution is 7.92. The number of anilines is 2. The zero-order valence-electron chi connectivity index (χ0n) is 18.2. The lowest BCUT2D eigenvalue weighted by Gasteiger charge is -2.35. The monoisotopic (exact) mass is 492 g/mol. The van der Waals surface area contributed by atoms with E-state index in [9.17, 15) is 13.2 Å². The number of nitrogens with one attached hydrogen (secondary N) is 1. The molecule has 34 heavy (non-hydrogen) atoms. The second-order valence-corrected chi connectivity index (χ2v) is 10.4. The molecule has 0 radical (unpaired) electrons. The van der Waals surface area contributed by atoms with Crippen molar-refractivity contribution in [2.24, 2.45) is 0 Å². The Balaban J connectivity index is 1.51. The molecule has 0 aliphatic carbocycles. The topological polar surface area (TPSA) is 75.7 Å². The van der Waals surface area contributed by atoms with Gasteiger partial charge in [0.15, 0.2) is 6.10 Å². The number of sulfonamides is 1. The molecule has 0 saturated carbocycles. The number of carbonyl (C=O) groups is 1. The number of hydrogen-bond donors (Lipinski definition) is 1. The second kappa shape index (κ2) is 8.66. The molecular weight excluding hydrogens is 472 g/mol. The average Bonchev–Trinajstić information content (AvgIpc) is 2.84. The van der Waals surface area contributed by atoms with E-state index in [4.69, 9.17) is 16.3 Å². The maximum atomic E-state index is 13.6. The fourth-order valence-electron chi connectivity index (χ4n) is 3.97. The Bertz CT molecular complexity index is 1500. The summed E-state index contributed by atoms with van der Waals surface area (Å²) in [5.41, 5.74) is 1.86. The van der Waals surface area contributed by atoms with Crippen molar-refractivity contribution in [2.75, 3.05) is 16.2 Å². The van der Waals surface area contributed by atoms with Gasteiger partial charge >= 0.3 is 0 Å². The molecule has 5 rings (SSSR count). The van der Waals surface area contributed by atoms with Gasteiger partial charge in [0.1, 0.15) is 5.75 Å². The lowest BCUT2D eigenvalue weighted by molar-refractivity contribution is -0.122. The predicted molar refractivity (Wildman–Crippen MR) is 134 cm³/mol. The summed E-state index contributed by atoms with van der Waals surface area (Å²) in [6, 6.07) is 24.6. The molecule has 1 heterocycles. The van der Waals surface area contributed by atoms with Crippen LogP contribution in [0.3, 0.4) is 0 Å². The standard InChI is InChI=1S/C26H21ClN2O4S/c1-17-9-12-20(13-10-17)34(31,32)29-16-25(33-24-14-11-19(27)15-23(24)29)26(30)28-22-8-4-6-18-5-2-3-7-21(18)22/h2-15,25H,16H2,1H3,(H,28,30). The van der Waals surface area contributed by atoms with Crippen LogP contribution in [0.15, 0.2) is 89.8 Å². The van der Waals surface area contributed by atoms with Crippen LogP contribution in [0.4, 0.5) is 11.4 Å². The zero-order chi connectivity index (χ0) is 23.9. The van der Waals surface area contributed by atoms with E-state index < -0.39 is 22.0 Å². The van der Waals surface area contributed by atoms with Gasteiger partial charge in [-0.1, -0.05) is 65.7 Å². The van der Waals surface area contributed by atoms with Crippen LogP contribution >= 0.6 is 11.6 Å². The fourth-order valence-corrected chi connectivity index (χ4v) is 5.61. The van der Waals surface area contributed by atoms with E-state index in [1.165, 1.54) is 10.4 Å². The number of carbonyl (C=O) groups excluding carboxylic acids is 1. The summed E-state index contributed by atoms with van der Waals surface area (Å²) in [5.74, 6) is -0.175. The SMILES string of the molecule is Cc1ccc(S(=O)(=O)N2CC(C(=O)Nc3cccc4ccccc34)Oc3ccc(Cl)cc32)cc1. The number of nitrogens with zero attached hydrogens (tertiary/aromatic N) is 1. The largest absolute Gasteiger partial charge is 0.476 e. The number of hydrogen-bond acceptors (Lipinski definition) is 4. The molecule has 1 atom stereocenters. The van der Waals surface area contributed by atoms with Gasteiger partial charge in [0.2, 0.25) is 0 Å². The van der Waals surface area contributed by atoms with Gasteiger partial charge in [-0.25, -0.2) is 8.42 Å². The van der Waals surface area contributed by atoms with Crippen molar-refractivity contribution in [3.05, 3.63) is 95.5 Å². The van der Waals surface area contributed by atoms with Gasteiger partial charge in [0, 0.05) is 16.1 Å². The molecule has 6 nitrogen and oxygen atoms in total. The molecule has 0 aromatic heterocycles. The van der Waals surface area contributed by atoms with E-state index in [2.05, 4.69) is 5.32 Å². The molecule has 8 heteroatoms. The van der Waals surface area contributed by atoms with Crippen LogP contribution in [-0.4, -0.2) is 27.0 Å². The van der Waals surface area contributed by atoms with Crippen LogP contribution in [0, 0.1) is 6.92 Å². The summed E-state index contributed by atoms with van der Waals surface area (Å²) in [6.07, 6.45) is -1.06. The first kappa shape index (κ1) is 22.3. The van der Waals surface area contributed by atoms with Crippen molar-refractivity contribution < 1.29 is 17.9 Å². The van der Waals surface area contributed by atoms with Crippen molar-refractivity contribution in [2.45, 2.75) is 17.9 Å². The van der Waals surface area contributed by atoms with Crippen LogP contribution < -0.4 is 14.4 Å². The van der Waals surface area contributed by atoms with Crippen LogP contribution in [0.1, 0.15) is 5.56 Å². The molecule has 1 aliphatic heterocycles. The Morgan fingerprint density at radius 1 is 1.00 bits per heavy atom. The highest BCUT2D eigenvalue weighted by Gasteiger charge is 2.38. The van der Waals surface area contributed by atoms with Gasteiger partial charge in [0.05, 0.1) is 17.1 Å². The van der Waals surface area contributed by atoms with Gasteiger partial charge in [-0.3, -0.25) is 9.10 Å². The summed E-state index contributed by atoms with van der Waals surface area (Å²) in [6.45, 7) is 1.69. The van der Waals surface area contributed by atoms with Crippen LogP contribution in [0.25, 0.3) is 10.8 Å². The summed E-state index contributed by atoms with van der Waals surface area (Å²) in [4.78, 5) is 13.4. The third kappa shape index (κ3) is 4.08. The van der Waals surface area contributed by atoms with E-state index in [-0.39, 0.29) is 17.2 Å². The second-order valence-electron chi connectivity index (χ2n) is 8.08. The van der Waals surface area contributed by atoms with Crippen molar-refractivity contribution >= 4 is 49.7 Å². The minimum atomic E-state index is -3.97. The lowest BCUT2D eigenvalue weighted by atomic mass is 10.1. The van der Waals surface area contributed by atoms with Crippen LogP contribution in [-0.2, 0) is 14.8 Å². The molecule has 0 spiro atoms. The van der Waals surface area contributed by atoms with Gasteiger partial charge < -0.3 is 10.1 Å². The van der Waals surface area contributed by atoms with Gasteiger partial charge in [-0.2, -0.15) is 0 Å². The molecule has 0 saturated heterocycles. The highest BCUT2D eigenvalue weighted by Crippen LogP contribution is 2.39. The minimum absolute atomic E-state index is 0.124. The summed E-state index contributed by atoms with van der Waals surface area (Å²) in [7, 11) is -3.97. The first-order chi connectivity index (χ1) is 16.3. The highest BCUT2D eigenvalue weighted by atomic mass is 35.5. The quantitative estimate of drug-likeness (QED) is 0.414. The van der Waals surface area contributed by atoms with E-state index in [0.717, 1.165) is 16.3 Å². The molecule has 4 aromatic rings. The number of aryl methyl sites for hydroxylation is 1. The van der Waals surface area contributed by atoms with Crippen molar-refractivity contribution in [3.8, 4) is 5.75 Å². The average molecular weight is 493 g/mol. The summed E-state index contributed by atoms with van der Waals surface area (Å²) >= 11 is 6.16. The fraction of sp³-hybridized carbons (Fsp3) is 0.115. The number of fused-ring (bicyclic) bond motifs is 2. The first-order valence-corrected chi connectivity index (χ1v) is 12.5. The van der Waals surface area contributed by atoms with E-state index in [1.54, 1.807) is 42.5 Å². The predicted octanol–water partition coefficient (Wildman–Crippen LogP) is 5.40. The Kier molecular flexibility index (Phi) is 5.67. The van der Waals surface area contributed by atoms with Crippen molar-refractivity contribution in [3.63, 3.8) is 0 Å². The van der Waals surface area contributed by atoms with Crippen LogP contribution in [0.5, 0.6) is 5.75 Å². The van der Waals surface area contributed by atoms with E-state index in [1.807, 2.05) is 43.3 Å². The molecule has 1 aliphatic rings. The molecule has 0 bridgehead atoms. The van der Waals surface area contributed by atoms with E-state index >= 15 is 0 Å². The normalized spacial score (nSPS) is 15.5. The molecular formula is C26H21ClN2O4S. The Morgan fingerprint density at radius 2 is 1.74 bits per heavy atom. The number of rotatable bonds is 4. The number of ether oxygens (including phenoxy) is 1. The summed E-state index contributed by atoms with van der Waals surface area (Å²) < 4.78 is 34.3. The minimum Gasteiger partial charge on any atom is -0.476 e. The molecule has 172 valence electrons. The lowest BCUT2D eigenvalue weighted by Crippen LogP contribution is -2.48. The summed E-state index contributed by atoms with van der Waals surface area (Å²) in [5, 5.41) is 5.13. The van der Waals surface area contributed by atoms with Gasteiger partial charge in [-0.15, -0.1) is 0 Å². The molecule has 1 amide bonds. The molecule has 0 fully saturated rings. The molecule has 1 unspecified atom stereocenters. The van der Waals surface area contributed by atoms with Crippen molar-refractivity contribution in [1.29, 1.82) is 0 Å². The van der Waals surface area contributed by atoms with Gasteiger partial charge in [0.25, 0.3) is 15.9 Å². The Hall–Kier alpha value is -3.55. The number of benzene rings is 4. The Morgan fingerprint density at radius 3 is 2.53 bits per heavy atom. The van der Waals surface area contributed by atoms with Crippen LogP contribution in [0.2, 0.25) is 5.02 Å². The maximum Gasteiger partial charge on any atom is 0.267 e. The maximum absolute atomic E-state index is 13.6. The van der Waals surface area contributed by atoms with E-state index in [0.29, 0.717) is 16.4 Å². The smallest absolute Gasteiger partial charge is 0.267 e. The third-order valence-corrected chi connectivity index (χ3v) is 7.77. The first-order valence-electron chi connectivity index (χ1n) is 10.7. The number of halogens is 1. The zero-order valence-corrected chi connectivity index (χ0v) is 19.8. The Labute approximate surface area is 202 Å².